The highest BCUT2D eigenvalue weighted by molar-refractivity contribution is 5.99. The van der Waals surface area contributed by atoms with Crippen molar-refractivity contribution in [2.45, 2.75) is 19.4 Å². The SMILES string of the molecule is CN1Cc2cc(C(=O)C3CCNCC3)ccc2NC1=O. The van der Waals surface area contributed by atoms with Crippen molar-refractivity contribution in [1.82, 2.24) is 10.2 Å². The Labute approximate surface area is 118 Å². The van der Waals surface area contributed by atoms with Crippen molar-refractivity contribution < 1.29 is 9.59 Å². The van der Waals surface area contributed by atoms with E-state index in [1.807, 2.05) is 18.2 Å². The number of urea groups is 1. The second-order valence-corrected chi connectivity index (χ2v) is 5.55. The summed E-state index contributed by atoms with van der Waals surface area (Å²) in [5, 5.41) is 6.10. The van der Waals surface area contributed by atoms with Crippen LogP contribution in [0.25, 0.3) is 0 Å². The molecule has 106 valence electrons. The zero-order valence-corrected chi connectivity index (χ0v) is 11.6. The minimum Gasteiger partial charge on any atom is -0.323 e. The Morgan fingerprint density at radius 1 is 1.30 bits per heavy atom. The van der Waals surface area contributed by atoms with E-state index < -0.39 is 0 Å². The number of fused-ring (bicyclic) bond motifs is 1. The van der Waals surface area contributed by atoms with Crippen LogP contribution >= 0.6 is 0 Å². The molecular weight excluding hydrogens is 254 g/mol. The van der Waals surface area contributed by atoms with Crippen LogP contribution in [0.15, 0.2) is 18.2 Å². The van der Waals surface area contributed by atoms with Gasteiger partial charge in [0.1, 0.15) is 0 Å². The molecule has 2 N–H and O–H groups in total. The van der Waals surface area contributed by atoms with E-state index >= 15 is 0 Å². The molecule has 2 aliphatic heterocycles. The number of hydrogen-bond acceptors (Lipinski definition) is 3. The van der Waals surface area contributed by atoms with Crippen LogP contribution < -0.4 is 10.6 Å². The maximum absolute atomic E-state index is 12.5. The van der Waals surface area contributed by atoms with Gasteiger partial charge < -0.3 is 15.5 Å². The summed E-state index contributed by atoms with van der Waals surface area (Å²) in [6.07, 6.45) is 1.82. The largest absolute Gasteiger partial charge is 0.323 e. The summed E-state index contributed by atoms with van der Waals surface area (Å²) in [5.41, 5.74) is 2.59. The number of benzene rings is 1. The lowest BCUT2D eigenvalue weighted by Crippen LogP contribution is -2.35. The Balaban J connectivity index is 1.83. The van der Waals surface area contributed by atoms with E-state index in [9.17, 15) is 9.59 Å². The quantitative estimate of drug-likeness (QED) is 0.808. The molecule has 3 rings (SSSR count). The molecule has 2 aliphatic rings. The van der Waals surface area contributed by atoms with Gasteiger partial charge in [0, 0.05) is 30.8 Å². The molecule has 20 heavy (non-hydrogen) atoms. The fourth-order valence-electron chi connectivity index (χ4n) is 2.86. The number of carbonyl (C=O) groups excluding carboxylic acids is 2. The molecule has 1 aromatic carbocycles. The van der Waals surface area contributed by atoms with Crippen LogP contribution in [0.1, 0.15) is 28.8 Å². The van der Waals surface area contributed by atoms with Crippen LogP contribution in [0.3, 0.4) is 0 Å². The van der Waals surface area contributed by atoms with Crippen molar-refractivity contribution in [1.29, 1.82) is 0 Å². The van der Waals surface area contributed by atoms with E-state index in [0.717, 1.165) is 42.7 Å². The maximum atomic E-state index is 12.5. The van der Waals surface area contributed by atoms with E-state index in [2.05, 4.69) is 10.6 Å². The van der Waals surface area contributed by atoms with E-state index in [0.29, 0.717) is 6.54 Å². The summed E-state index contributed by atoms with van der Waals surface area (Å²) in [5.74, 6) is 0.360. The standard InChI is InChI=1S/C15H19N3O2/c1-18-9-12-8-11(2-3-13(12)17-15(18)20)14(19)10-4-6-16-7-5-10/h2-3,8,10,16H,4-7,9H2,1H3,(H,17,20). The lowest BCUT2D eigenvalue weighted by Gasteiger charge is -2.27. The second-order valence-electron chi connectivity index (χ2n) is 5.55. The number of ketones is 1. The van der Waals surface area contributed by atoms with Gasteiger partial charge in [-0.25, -0.2) is 4.79 Å². The number of nitrogens with zero attached hydrogens (tertiary/aromatic N) is 1. The summed E-state index contributed by atoms with van der Waals surface area (Å²) in [6, 6.07) is 5.49. The normalized spacial score (nSPS) is 19.4. The minimum atomic E-state index is -0.102. The number of carbonyl (C=O) groups is 2. The second kappa shape index (κ2) is 5.25. The van der Waals surface area contributed by atoms with Gasteiger partial charge in [-0.15, -0.1) is 0 Å². The number of amides is 2. The lowest BCUT2D eigenvalue weighted by atomic mass is 9.89. The van der Waals surface area contributed by atoms with Crippen molar-refractivity contribution >= 4 is 17.5 Å². The van der Waals surface area contributed by atoms with E-state index in [1.54, 1.807) is 11.9 Å². The average molecular weight is 273 g/mol. The molecule has 0 radical (unpaired) electrons. The van der Waals surface area contributed by atoms with E-state index in [-0.39, 0.29) is 17.7 Å². The summed E-state index contributed by atoms with van der Waals surface area (Å²) >= 11 is 0. The number of piperidine rings is 1. The first-order valence-electron chi connectivity index (χ1n) is 7.05. The Kier molecular flexibility index (Phi) is 3.44. The minimum absolute atomic E-state index is 0.102. The van der Waals surface area contributed by atoms with Gasteiger partial charge in [-0.1, -0.05) is 0 Å². The first-order valence-corrected chi connectivity index (χ1v) is 7.05. The molecular formula is C15H19N3O2. The Morgan fingerprint density at radius 3 is 2.80 bits per heavy atom. The Hall–Kier alpha value is -1.88. The summed E-state index contributed by atoms with van der Waals surface area (Å²) < 4.78 is 0. The molecule has 1 saturated heterocycles. The van der Waals surface area contributed by atoms with Crippen molar-refractivity contribution in [3.63, 3.8) is 0 Å². The van der Waals surface area contributed by atoms with Gasteiger partial charge in [-0.2, -0.15) is 0 Å². The van der Waals surface area contributed by atoms with Gasteiger partial charge in [-0.3, -0.25) is 4.79 Å². The van der Waals surface area contributed by atoms with Gasteiger partial charge in [0.15, 0.2) is 5.78 Å². The number of Topliss-reactive ketones (excluding diaryl/α,β-unsaturated/α-hetero) is 1. The Bertz CT molecular complexity index is 550. The highest BCUT2D eigenvalue weighted by Crippen LogP contribution is 2.26. The van der Waals surface area contributed by atoms with Crippen LogP contribution in [0.4, 0.5) is 10.5 Å². The van der Waals surface area contributed by atoms with Crippen molar-refractivity contribution in [2.75, 3.05) is 25.5 Å². The van der Waals surface area contributed by atoms with E-state index in [4.69, 9.17) is 0 Å². The maximum Gasteiger partial charge on any atom is 0.321 e. The van der Waals surface area contributed by atoms with Crippen LogP contribution in [0.5, 0.6) is 0 Å². The van der Waals surface area contributed by atoms with Crippen LogP contribution in [-0.2, 0) is 6.54 Å². The molecule has 0 saturated carbocycles. The summed E-state index contributed by atoms with van der Waals surface area (Å²) in [6.45, 7) is 2.38. The van der Waals surface area contributed by atoms with Crippen LogP contribution in [-0.4, -0.2) is 36.9 Å². The molecule has 2 amide bonds. The molecule has 2 heterocycles. The molecule has 0 unspecified atom stereocenters. The lowest BCUT2D eigenvalue weighted by molar-refractivity contribution is 0.0895. The first-order chi connectivity index (χ1) is 9.65. The molecule has 0 aliphatic carbocycles. The predicted octanol–water partition coefficient (Wildman–Crippen LogP) is 1.85. The molecule has 0 atom stereocenters. The van der Waals surface area contributed by atoms with Crippen molar-refractivity contribution in [3.8, 4) is 0 Å². The number of hydrogen-bond donors (Lipinski definition) is 2. The Morgan fingerprint density at radius 2 is 2.05 bits per heavy atom. The van der Waals surface area contributed by atoms with Gasteiger partial charge in [-0.05, 0) is 49.7 Å². The molecule has 0 spiro atoms. The van der Waals surface area contributed by atoms with Crippen LogP contribution in [0.2, 0.25) is 0 Å². The molecule has 0 bridgehead atoms. The predicted molar refractivity (Wildman–Crippen MR) is 76.9 cm³/mol. The highest BCUT2D eigenvalue weighted by atomic mass is 16.2. The number of anilines is 1. The smallest absolute Gasteiger partial charge is 0.321 e. The summed E-state index contributed by atoms with van der Waals surface area (Å²) in [4.78, 5) is 25.7. The summed E-state index contributed by atoms with van der Waals surface area (Å²) in [7, 11) is 1.75. The molecule has 1 fully saturated rings. The molecule has 0 aromatic heterocycles. The van der Waals surface area contributed by atoms with Crippen molar-refractivity contribution in [2.24, 2.45) is 5.92 Å². The van der Waals surface area contributed by atoms with Crippen LogP contribution in [0, 0.1) is 5.92 Å². The average Bonchev–Trinajstić information content (AvgIpc) is 2.48. The number of rotatable bonds is 2. The van der Waals surface area contributed by atoms with Crippen molar-refractivity contribution in [3.05, 3.63) is 29.3 Å². The molecule has 5 nitrogen and oxygen atoms in total. The fourth-order valence-corrected chi connectivity index (χ4v) is 2.86. The molecule has 5 heteroatoms. The van der Waals surface area contributed by atoms with Gasteiger partial charge in [0.05, 0.1) is 0 Å². The van der Waals surface area contributed by atoms with Gasteiger partial charge in [0.2, 0.25) is 0 Å². The third-order valence-corrected chi connectivity index (χ3v) is 4.10. The van der Waals surface area contributed by atoms with Gasteiger partial charge in [0.25, 0.3) is 0 Å². The first kappa shape index (κ1) is 13.1. The third-order valence-electron chi connectivity index (χ3n) is 4.10. The topological polar surface area (TPSA) is 61.4 Å². The van der Waals surface area contributed by atoms with Gasteiger partial charge >= 0.3 is 6.03 Å². The molecule has 1 aromatic rings. The zero-order valence-electron chi connectivity index (χ0n) is 11.6. The number of nitrogens with one attached hydrogen (secondary N) is 2. The fraction of sp³-hybridized carbons (Fsp3) is 0.467. The zero-order chi connectivity index (χ0) is 14.1. The third kappa shape index (κ3) is 2.41. The van der Waals surface area contributed by atoms with E-state index in [1.165, 1.54) is 0 Å². The highest BCUT2D eigenvalue weighted by Gasteiger charge is 2.24. The monoisotopic (exact) mass is 273 g/mol.